The second-order valence-corrected chi connectivity index (χ2v) is 6.00. The summed E-state index contributed by atoms with van der Waals surface area (Å²) in [6.07, 6.45) is -3.56. The Morgan fingerprint density at radius 3 is 2.38 bits per heavy atom. The van der Waals surface area contributed by atoms with Gasteiger partial charge < -0.3 is 4.74 Å². The molecule has 2 nitrogen and oxygen atoms in total. The van der Waals surface area contributed by atoms with Gasteiger partial charge in [-0.05, 0) is 25.0 Å². The summed E-state index contributed by atoms with van der Waals surface area (Å²) in [7, 11) is 0. The maximum Gasteiger partial charge on any atom is 0.422 e. The first-order valence-electron chi connectivity index (χ1n) is 6.99. The molecule has 0 fully saturated rings. The summed E-state index contributed by atoms with van der Waals surface area (Å²) in [5, 5.41) is 0.474. The predicted octanol–water partition coefficient (Wildman–Crippen LogP) is 5.44. The molecule has 0 aliphatic rings. The molecular formula is C16H16ClF5O2. The maximum atomic E-state index is 13.8. The van der Waals surface area contributed by atoms with Crippen LogP contribution < -0.4 is 0 Å². The summed E-state index contributed by atoms with van der Waals surface area (Å²) >= 11 is 5.71. The van der Waals surface area contributed by atoms with Gasteiger partial charge in [0.25, 0.3) is 0 Å². The lowest BCUT2D eigenvalue weighted by Gasteiger charge is -2.17. The lowest BCUT2D eigenvalue weighted by molar-refractivity contribution is -0.150. The highest BCUT2D eigenvalue weighted by atomic mass is 35.5. The molecule has 0 aliphatic heterocycles. The number of hydrogen-bond donors (Lipinski definition) is 0. The van der Waals surface area contributed by atoms with Crippen molar-refractivity contribution in [1.29, 1.82) is 0 Å². The fraction of sp³-hybridized carbons (Fsp3) is 0.438. The van der Waals surface area contributed by atoms with Crippen LogP contribution in [0.2, 0.25) is 0 Å². The molecule has 8 heteroatoms. The van der Waals surface area contributed by atoms with E-state index in [4.69, 9.17) is 16.3 Å². The van der Waals surface area contributed by atoms with Gasteiger partial charge in [0.1, 0.15) is 23.8 Å². The Morgan fingerprint density at radius 1 is 1.29 bits per heavy atom. The summed E-state index contributed by atoms with van der Waals surface area (Å²) in [5.41, 5.74) is -2.56. The van der Waals surface area contributed by atoms with Crippen molar-refractivity contribution in [3.63, 3.8) is 0 Å². The van der Waals surface area contributed by atoms with Gasteiger partial charge in [0.05, 0.1) is 5.92 Å². The third kappa shape index (κ3) is 5.19. The van der Waals surface area contributed by atoms with Crippen LogP contribution in [0.25, 0.3) is 0 Å². The van der Waals surface area contributed by atoms with E-state index in [2.05, 4.69) is 0 Å². The van der Waals surface area contributed by atoms with E-state index in [1.165, 1.54) is 0 Å². The van der Waals surface area contributed by atoms with Gasteiger partial charge in [-0.1, -0.05) is 31.5 Å². The van der Waals surface area contributed by atoms with Gasteiger partial charge in [-0.3, -0.25) is 4.79 Å². The van der Waals surface area contributed by atoms with E-state index in [1.54, 1.807) is 26.8 Å². The molecular weight excluding hydrogens is 355 g/mol. The van der Waals surface area contributed by atoms with Crippen molar-refractivity contribution in [3.05, 3.63) is 46.0 Å². The fourth-order valence-corrected chi connectivity index (χ4v) is 2.17. The maximum absolute atomic E-state index is 13.8. The molecule has 2 atom stereocenters. The van der Waals surface area contributed by atoms with Crippen LogP contribution in [-0.2, 0) is 22.3 Å². The Labute approximate surface area is 141 Å². The molecule has 0 N–H and O–H groups in total. The minimum absolute atomic E-state index is 0.279. The zero-order valence-corrected chi connectivity index (χ0v) is 13.9. The van der Waals surface area contributed by atoms with Gasteiger partial charge in [0, 0.05) is 10.6 Å². The van der Waals surface area contributed by atoms with Gasteiger partial charge in [-0.25, -0.2) is 8.78 Å². The molecule has 0 amide bonds. The normalized spacial score (nSPS) is 15.1. The lowest BCUT2D eigenvalue weighted by Crippen LogP contribution is -2.21. The second-order valence-electron chi connectivity index (χ2n) is 5.40. The summed E-state index contributed by atoms with van der Waals surface area (Å²) in [6.45, 7) is 4.15. The highest BCUT2D eigenvalue weighted by Gasteiger charge is 2.38. The molecule has 0 aromatic heterocycles. The Hall–Kier alpha value is -1.63. The number of rotatable bonds is 5. The summed E-state index contributed by atoms with van der Waals surface area (Å²) in [4.78, 5) is 11.9. The van der Waals surface area contributed by atoms with Gasteiger partial charge in [0.2, 0.25) is 0 Å². The first-order valence-corrected chi connectivity index (χ1v) is 7.37. The third-order valence-corrected chi connectivity index (χ3v) is 3.60. The van der Waals surface area contributed by atoms with Gasteiger partial charge in [0.15, 0.2) is 0 Å². The predicted molar refractivity (Wildman–Crippen MR) is 79.1 cm³/mol. The summed E-state index contributed by atoms with van der Waals surface area (Å²) < 4.78 is 69.8. The number of allylic oxidation sites excluding steroid dienone is 2. The zero-order chi connectivity index (χ0) is 18.7. The van der Waals surface area contributed by atoms with Gasteiger partial charge in [-0.15, -0.1) is 0 Å². The molecule has 0 spiro atoms. The minimum Gasteiger partial charge on any atom is -0.460 e. The number of carbonyl (C=O) groups excluding carboxylic acids is 1. The average molecular weight is 371 g/mol. The quantitative estimate of drug-likeness (QED) is 0.509. The molecule has 0 saturated heterocycles. The van der Waals surface area contributed by atoms with E-state index in [1.807, 2.05) is 0 Å². The van der Waals surface area contributed by atoms with E-state index < -0.39 is 47.4 Å². The van der Waals surface area contributed by atoms with Crippen LogP contribution in [0.15, 0.2) is 23.2 Å². The van der Waals surface area contributed by atoms with Crippen molar-refractivity contribution in [3.8, 4) is 0 Å². The fourth-order valence-electron chi connectivity index (χ4n) is 1.97. The minimum atomic E-state index is -5.18. The molecule has 1 aromatic carbocycles. The molecule has 1 aromatic rings. The van der Waals surface area contributed by atoms with E-state index in [0.29, 0.717) is 11.1 Å². The van der Waals surface area contributed by atoms with Crippen molar-refractivity contribution in [2.75, 3.05) is 0 Å². The highest BCUT2D eigenvalue weighted by molar-refractivity contribution is 6.29. The van der Waals surface area contributed by atoms with E-state index >= 15 is 0 Å². The first kappa shape index (κ1) is 20.4. The molecule has 0 bridgehead atoms. The van der Waals surface area contributed by atoms with Crippen molar-refractivity contribution in [2.45, 2.75) is 33.6 Å². The van der Waals surface area contributed by atoms with Gasteiger partial charge >= 0.3 is 12.1 Å². The highest BCUT2D eigenvalue weighted by Crippen LogP contribution is 2.34. The molecule has 1 rings (SSSR count). The number of ether oxygens (including phenoxy) is 1. The molecule has 2 unspecified atom stereocenters. The smallest absolute Gasteiger partial charge is 0.422 e. The molecule has 0 heterocycles. The lowest BCUT2D eigenvalue weighted by atomic mass is 9.96. The monoisotopic (exact) mass is 370 g/mol. The third-order valence-electron chi connectivity index (χ3n) is 3.48. The molecule has 0 saturated carbocycles. The number of benzene rings is 1. The van der Waals surface area contributed by atoms with Crippen molar-refractivity contribution >= 4 is 17.6 Å². The Balaban J connectivity index is 2.89. The van der Waals surface area contributed by atoms with Gasteiger partial charge in [-0.2, -0.15) is 13.2 Å². The molecule has 134 valence electrons. The average Bonchev–Trinajstić information content (AvgIpc) is 2.43. The Kier molecular flexibility index (Phi) is 6.77. The number of hydrogen-bond acceptors (Lipinski definition) is 2. The van der Waals surface area contributed by atoms with E-state index in [9.17, 15) is 26.7 Å². The van der Waals surface area contributed by atoms with Crippen LogP contribution in [-0.4, -0.2) is 5.97 Å². The van der Waals surface area contributed by atoms with E-state index in [-0.39, 0.29) is 5.92 Å². The van der Waals surface area contributed by atoms with Crippen molar-refractivity contribution in [2.24, 2.45) is 11.8 Å². The SMILES string of the molecule is C/C(Cl)=C\C(C)C(C)C(=O)OCc1ccc(F)c(C(F)(F)F)c1F. The van der Waals surface area contributed by atoms with Crippen LogP contribution >= 0.6 is 11.6 Å². The van der Waals surface area contributed by atoms with Crippen molar-refractivity contribution < 1.29 is 31.5 Å². The Bertz CT molecular complexity index is 636. The van der Waals surface area contributed by atoms with Crippen LogP contribution in [0.3, 0.4) is 0 Å². The van der Waals surface area contributed by atoms with Crippen LogP contribution in [0.5, 0.6) is 0 Å². The zero-order valence-electron chi connectivity index (χ0n) is 13.2. The summed E-state index contributed by atoms with van der Waals surface area (Å²) in [6, 6.07) is 1.30. The van der Waals surface area contributed by atoms with E-state index in [0.717, 1.165) is 6.07 Å². The topological polar surface area (TPSA) is 26.3 Å². The largest absolute Gasteiger partial charge is 0.460 e. The second kappa shape index (κ2) is 7.96. The van der Waals surface area contributed by atoms with Crippen molar-refractivity contribution in [1.82, 2.24) is 0 Å². The van der Waals surface area contributed by atoms with Crippen LogP contribution in [0, 0.1) is 23.5 Å². The molecule has 0 radical (unpaired) electrons. The van der Waals surface area contributed by atoms with Crippen LogP contribution in [0.4, 0.5) is 22.0 Å². The standard InChI is InChI=1S/C16H16ClF5O2/c1-8(6-9(2)17)10(3)15(23)24-7-11-4-5-12(18)13(14(11)19)16(20,21)22/h4-6,8,10H,7H2,1-3H3/b9-6+. The number of halogens is 6. The number of alkyl halides is 3. The van der Waals surface area contributed by atoms with Crippen LogP contribution in [0.1, 0.15) is 31.9 Å². The molecule has 24 heavy (non-hydrogen) atoms. The summed E-state index contributed by atoms with van der Waals surface area (Å²) in [5.74, 6) is -5.15. The molecule has 0 aliphatic carbocycles. The first-order chi connectivity index (χ1) is 10.9. The Morgan fingerprint density at radius 2 is 1.88 bits per heavy atom. The number of carbonyl (C=O) groups is 1. The number of esters is 1.